The van der Waals surface area contributed by atoms with Crippen LogP contribution in [0, 0.1) is 5.92 Å². The van der Waals surface area contributed by atoms with E-state index < -0.39 is 6.04 Å². The van der Waals surface area contributed by atoms with Crippen molar-refractivity contribution in [3.63, 3.8) is 0 Å². The summed E-state index contributed by atoms with van der Waals surface area (Å²) in [7, 11) is 3.02. The van der Waals surface area contributed by atoms with E-state index in [9.17, 15) is 9.59 Å². The highest BCUT2D eigenvalue weighted by Crippen LogP contribution is 2.34. The van der Waals surface area contributed by atoms with Crippen molar-refractivity contribution in [1.29, 1.82) is 0 Å². The molecule has 1 heterocycles. The molecule has 3 rings (SSSR count). The summed E-state index contributed by atoms with van der Waals surface area (Å²) in [6.07, 6.45) is 0. The number of benzene rings is 2. The average Bonchev–Trinajstić information content (AvgIpc) is 3.24. The molecule has 166 valence electrons. The van der Waals surface area contributed by atoms with E-state index in [1.807, 2.05) is 39.0 Å². The highest BCUT2D eigenvalue weighted by atomic mass is 16.7. The molecule has 2 amide bonds. The minimum atomic E-state index is -0.721. The van der Waals surface area contributed by atoms with Crippen LogP contribution in [0.2, 0.25) is 0 Å². The summed E-state index contributed by atoms with van der Waals surface area (Å²) in [5.41, 5.74) is 1.22. The number of methoxy groups -OCH3 is 2. The summed E-state index contributed by atoms with van der Waals surface area (Å²) in [6.45, 7) is 5.82. The van der Waals surface area contributed by atoms with E-state index in [4.69, 9.17) is 18.9 Å². The Balaban J connectivity index is 1.71. The quantitative estimate of drug-likeness (QED) is 0.671. The van der Waals surface area contributed by atoms with Crippen LogP contribution in [0.25, 0.3) is 0 Å². The van der Waals surface area contributed by atoms with Gasteiger partial charge in [-0.05, 0) is 42.7 Å². The molecule has 2 aromatic carbocycles. The Morgan fingerprint density at radius 3 is 2.16 bits per heavy atom. The van der Waals surface area contributed by atoms with Crippen LogP contribution >= 0.6 is 0 Å². The maximum Gasteiger partial charge on any atom is 0.252 e. The summed E-state index contributed by atoms with van der Waals surface area (Å²) in [5, 5.41) is 5.80. The Kier molecular flexibility index (Phi) is 6.89. The average molecular weight is 428 g/mol. The number of nitrogens with one attached hydrogen (secondary N) is 2. The van der Waals surface area contributed by atoms with Gasteiger partial charge in [-0.1, -0.05) is 19.9 Å². The van der Waals surface area contributed by atoms with E-state index in [1.165, 1.54) is 14.2 Å². The molecule has 0 aromatic heterocycles. The molecule has 1 aliphatic rings. The van der Waals surface area contributed by atoms with Crippen LogP contribution in [0.4, 0.5) is 0 Å². The summed E-state index contributed by atoms with van der Waals surface area (Å²) >= 11 is 0. The Labute approximate surface area is 181 Å². The first kappa shape index (κ1) is 22.3. The number of hydrogen-bond acceptors (Lipinski definition) is 6. The number of ether oxygens (including phenoxy) is 4. The molecule has 2 atom stereocenters. The van der Waals surface area contributed by atoms with Gasteiger partial charge in [-0.15, -0.1) is 0 Å². The topological polar surface area (TPSA) is 95.1 Å². The van der Waals surface area contributed by atoms with Gasteiger partial charge >= 0.3 is 0 Å². The van der Waals surface area contributed by atoms with Crippen molar-refractivity contribution in [2.24, 2.45) is 5.92 Å². The predicted molar refractivity (Wildman–Crippen MR) is 115 cm³/mol. The van der Waals surface area contributed by atoms with Crippen molar-refractivity contribution in [2.75, 3.05) is 21.0 Å². The van der Waals surface area contributed by atoms with Crippen molar-refractivity contribution in [3.8, 4) is 23.0 Å². The molecule has 0 aliphatic carbocycles. The largest absolute Gasteiger partial charge is 0.497 e. The van der Waals surface area contributed by atoms with E-state index in [2.05, 4.69) is 10.6 Å². The molecule has 8 nitrogen and oxygen atoms in total. The zero-order valence-corrected chi connectivity index (χ0v) is 18.4. The monoisotopic (exact) mass is 428 g/mol. The molecular weight excluding hydrogens is 400 g/mol. The van der Waals surface area contributed by atoms with Crippen LogP contribution < -0.4 is 29.6 Å². The minimum Gasteiger partial charge on any atom is -0.497 e. The van der Waals surface area contributed by atoms with Gasteiger partial charge in [0.1, 0.15) is 17.5 Å². The molecule has 0 unspecified atom stereocenters. The molecule has 0 saturated carbocycles. The zero-order valence-electron chi connectivity index (χ0n) is 18.4. The number of amides is 2. The lowest BCUT2D eigenvalue weighted by Gasteiger charge is -2.24. The van der Waals surface area contributed by atoms with Crippen LogP contribution in [0.3, 0.4) is 0 Å². The van der Waals surface area contributed by atoms with Crippen LogP contribution in [0.15, 0.2) is 36.4 Å². The SMILES string of the molecule is COc1cc(OC)cc(C(=O)N[C@H](C(=O)N[C@@H](C)c2ccc3c(c2)OCO3)C(C)C)c1. The van der Waals surface area contributed by atoms with Crippen LogP contribution in [0.1, 0.15) is 42.7 Å². The van der Waals surface area contributed by atoms with Crippen molar-refractivity contribution in [1.82, 2.24) is 10.6 Å². The van der Waals surface area contributed by atoms with Crippen molar-refractivity contribution < 1.29 is 28.5 Å². The van der Waals surface area contributed by atoms with Crippen LogP contribution in [-0.2, 0) is 4.79 Å². The summed E-state index contributed by atoms with van der Waals surface area (Å²) in [4.78, 5) is 25.8. The van der Waals surface area contributed by atoms with Gasteiger partial charge < -0.3 is 29.6 Å². The standard InChI is InChI=1S/C23H28N2O6/c1-13(2)21(25-22(26)16-8-17(28-4)11-18(9-16)29-5)23(27)24-14(3)15-6-7-19-20(10-15)31-12-30-19/h6-11,13-14,21H,12H2,1-5H3,(H,24,27)(H,25,26)/t14-,21-/m0/s1. The fraction of sp³-hybridized carbons (Fsp3) is 0.391. The summed E-state index contributed by atoms with van der Waals surface area (Å²) < 4.78 is 21.2. The van der Waals surface area contributed by atoms with Crippen molar-refractivity contribution in [3.05, 3.63) is 47.5 Å². The van der Waals surface area contributed by atoms with Gasteiger partial charge in [-0.25, -0.2) is 0 Å². The van der Waals surface area contributed by atoms with Gasteiger partial charge in [0.15, 0.2) is 11.5 Å². The third-order valence-corrected chi connectivity index (χ3v) is 5.10. The first-order valence-electron chi connectivity index (χ1n) is 10.1. The molecule has 8 heteroatoms. The first-order valence-corrected chi connectivity index (χ1v) is 10.1. The molecule has 2 aromatic rings. The Hall–Kier alpha value is -3.42. The number of fused-ring (bicyclic) bond motifs is 1. The second kappa shape index (κ2) is 9.59. The molecule has 0 spiro atoms. The van der Waals surface area contributed by atoms with Crippen LogP contribution in [-0.4, -0.2) is 38.9 Å². The number of hydrogen-bond donors (Lipinski definition) is 2. The fourth-order valence-corrected chi connectivity index (χ4v) is 3.27. The molecule has 0 saturated heterocycles. The minimum absolute atomic E-state index is 0.125. The maximum atomic E-state index is 13.0. The Bertz CT molecular complexity index is 937. The van der Waals surface area contributed by atoms with Gasteiger partial charge in [-0.2, -0.15) is 0 Å². The van der Waals surface area contributed by atoms with Crippen molar-refractivity contribution >= 4 is 11.8 Å². The van der Waals surface area contributed by atoms with E-state index in [0.717, 1.165) is 5.56 Å². The second-order valence-electron chi connectivity index (χ2n) is 7.64. The predicted octanol–water partition coefficient (Wildman–Crippen LogP) is 3.06. The lowest BCUT2D eigenvalue weighted by molar-refractivity contribution is -0.124. The second-order valence-corrected chi connectivity index (χ2v) is 7.64. The van der Waals surface area contributed by atoms with E-state index in [1.54, 1.807) is 18.2 Å². The number of rotatable bonds is 8. The van der Waals surface area contributed by atoms with E-state index in [-0.39, 0.29) is 30.6 Å². The van der Waals surface area contributed by atoms with E-state index in [0.29, 0.717) is 28.6 Å². The third kappa shape index (κ3) is 5.20. The number of carbonyl (C=O) groups excluding carboxylic acids is 2. The van der Waals surface area contributed by atoms with Gasteiger partial charge in [0.05, 0.1) is 20.3 Å². The Morgan fingerprint density at radius 1 is 0.903 bits per heavy atom. The lowest BCUT2D eigenvalue weighted by atomic mass is 10.0. The molecule has 0 radical (unpaired) electrons. The number of carbonyl (C=O) groups is 2. The molecule has 31 heavy (non-hydrogen) atoms. The van der Waals surface area contributed by atoms with E-state index >= 15 is 0 Å². The highest BCUT2D eigenvalue weighted by Gasteiger charge is 2.27. The summed E-state index contributed by atoms with van der Waals surface area (Å²) in [6, 6.07) is 9.42. The molecule has 2 N–H and O–H groups in total. The molecule has 0 bridgehead atoms. The Morgan fingerprint density at radius 2 is 1.55 bits per heavy atom. The van der Waals surface area contributed by atoms with Gasteiger partial charge in [0.25, 0.3) is 5.91 Å². The van der Waals surface area contributed by atoms with Gasteiger partial charge in [-0.3, -0.25) is 9.59 Å². The highest BCUT2D eigenvalue weighted by molar-refractivity contribution is 5.98. The van der Waals surface area contributed by atoms with Gasteiger partial charge in [0, 0.05) is 11.6 Å². The van der Waals surface area contributed by atoms with Gasteiger partial charge in [0.2, 0.25) is 12.7 Å². The summed E-state index contributed by atoms with van der Waals surface area (Å²) in [5.74, 6) is 1.53. The fourth-order valence-electron chi connectivity index (χ4n) is 3.27. The third-order valence-electron chi connectivity index (χ3n) is 5.10. The maximum absolute atomic E-state index is 13.0. The normalized spacial score (nSPS) is 14.0. The lowest BCUT2D eigenvalue weighted by Crippen LogP contribution is -2.50. The smallest absolute Gasteiger partial charge is 0.252 e. The molecule has 0 fully saturated rings. The zero-order chi connectivity index (χ0) is 22.5. The first-order chi connectivity index (χ1) is 14.8. The molecular formula is C23H28N2O6. The molecule has 1 aliphatic heterocycles. The van der Waals surface area contributed by atoms with Crippen LogP contribution in [0.5, 0.6) is 23.0 Å². The van der Waals surface area contributed by atoms with Crippen molar-refractivity contribution in [2.45, 2.75) is 32.9 Å².